The van der Waals surface area contributed by atoms with Gasteiger partial charge in [-0.2, -0.15) is 0 Å². The van der Waals surface area contributed by atoms with Gasteiger partial charge in [-0.1, -0.05) is 50.4 Å². The molecule has 2 atom stereocenters. The zero-order valence-electron chi connectivity index (χ0n) is 12.7. The molecule has 0 saturated heterocycles. The van der Waals surface area contributed by atoms with Crippen molar-refractivity contribution in [2.45, 2.75) is 45.6 Å². The van der Waals surface area contributed by atoms with Gasteiger partial charge in [-0.05, 0) is 36.3 Å². The third-order valence-corrected chi connectivity index (χ3v) is 5.29. The SMILES string of the molecule is CC1(C)CCCCC1C(NN)c1cc2cccc(Cl)c2o1. The Morgan fingerprint density at radius 3 is 2.86 bits per heavy atom. The highest BCUT2D eigenvalue weighted by atomic mass is 35.5. The van der Waals surface area contributed by atoms with Gasteiger partial charge in [0.15, 0.2) is 5.58 Å². The number of hydrogen-bond acceptors (Lipinski definition) is 3. The number of nitrogens with one attached hydrogen (secondary N) is 1. The fraction of sp³-hybridized carbons (Fsp3) is 0.529. The lowest BCUT2D eigenvalue weighted by Crippen LogP contribution is -2.41. The van der Waals surface area contributed by atoms with Gasteiger partial charge in [-0.15, -0.1) is 0 Å². The summed E-state index contributed by atoms with van der Waals surface area (Å²) in [6.45, 7) is 4.66. The highest BCUT2D eigenvalue weighted by molar-refractivity contribution is 6.34. The van der Waals surface area contributed by atoms with E-state index in [-0.39, 0.29) is 11.5 Å². The lowest BCUT2D eigenvalue weighted by molar-refractivity contribution is 0.0901. The molecule has 21 heavy (non-hydrogen) atoms. The molecule has 3 nitrogen and oxygen atoms in total. The minimum atomic E-state index is 0.0313. The van der Waals surface area contributed by atoms with Crippen molar-refractivity contribution in [3.8, 4) is 0 Å². The van der Waals surface area contributed by atoms with Crippen LogP contribution in [0, 0.1) is 11.3 Å². The lowest BCUT2D eigenvalue weighted by Gasteiger charge is -2.42. The van der Waals surface area contributed by atoms with E-state index in [4.69, 9.17) is 21.9 Å². The van der Waals surface area contributed by atoms with Crippen LogP contribution in [0.2, 0.25) is 5.02 Å². The van der Waals surface area contributed by atoms with Gasteiger partial charge in [-0.25, -0.2) is 5.43 Å². The Morgan fingerprint density at radius 1 is 1.38 bits per heavy atom. The second-order valence-corrected chi connectivity index (χ2v) is 7.20. The molecular weight excluding hydrogens is 284 g/mol. The van der Waals surface area contributed by atoms with Gasteiger partial charge in [0, 0.05) is 5.39 Å². The number of nitrogens with two attached hydrogens (primary N) is 1. The second-order valence-electron chi connectivity index (χ2n) is 6.79. The molecule has 2 unspecified atom stereocenters. The molecule has 0 amide bonds. The zero-order chi connectivity index (χ0) is 15.0. The van der Waals surface area contributed by atoms with Crippen molar-refractivity contribution in [3.63, 3.8) is 0 Å². The van der Waals surface area contributed by atoms with Crippen LogP contribution in [-0.4, -0.2) is 0 Å². The minimum Gasteiger partial charge on any atom is -0.458 e. The fourth-order valence-corrected chi connectivity index (χ4v) is 3.96. The molecule has 3 rings (SSSR count). The zero-order valence-corrected chi connectivity index (χ0v) is 13.4. The van der Waals surface area contributed by atoms with Crippen molar-refractivity contribution in [1.29, 1.82) is 0 Å². The third kappa shape index (κ3) is 2.70. The Kier molecular flexibility index (Phi) is 4.00. The Bertz CT molecular complexity index is 635. The summed E-state index contributed by atoms with van der Waals surface area (Å²) in [5.74, 6) is 7.23. The highest BCUT2D eigenvalue weighted by Crippen LogP contribution is 2.47. The average molecular weight is 307 g/mol. The maximum atomic E-state index is 6.21. The van der Waals surface area contributed by atoms with Crippen LogP contribution in [0.15, 0.2) is 28.7 Å². The predicted molar refractivity (Wildman–Crippen MR) is 87.0 cm³/mol. The Balaban J connectivity index is 1.99. The number of halogens is 1. The van der Waals surface area contributed by atoms with Crippen LogP contribution < -0.4 is 11.3 Å². The quantitative estimate of drug-likeness (QED) is 0.632. The van der Waals surface area contributed by atoms with Crippen molar-refractivity contribution < 1.29 is 4.42 Å². The van der Waals surface area contributed by atoms with Gasteiger partial charge in [0.1, 0.15) is 5.76 Å². The normalized spacial score (nSPS) is 23.3. The first-order valence-corrected chi connectivity index (χ1v) is 8.05. The third-order valence-electron chi connectivity index (χ3n) is 4.99. The maximum Gasteiger partial charge on any atom is 0.152 e. The molecule has 0 spiro atoms. The summed E-state index contributed by atoms with van der Waals surface area (Å²) < 4.78 is 6.02. The molecule has 1 fully saturated rings. The van der Waals surface area contributed by atoms with E-state index in [1.54, 1.807) is 0 Å². The van der Waals surface area contributed by atoms with Gasteiger partial charge in [-0.3, -0.25) is 5.84 Å². The number of hydrazine groups is 1. The van der Waals surface area contributed by atoms with E-state index >= 15 is 0 Å². The van der Waals surface area contributed by atoms with Gasteiger partial charge < -0.3 is 4.42 Å². The molecule has 4 heteroatoms. The largest absolute Gasteiger partial charge is 0.458 e. The standard InChI is InChI=1S/C17H23ClN2O/c1-17(2)9-4-3-7-12(17)15(20-19)14-10-11-6-5-8-13(18)16(11)21-14/h5-6,8,10,12,15,20H,3-4,7,9,19H2,1-2H3. The van der Waals surface area contributed by atoms with Crippen LogP contribution >= 0.6 is 11.6 Å². The predicted octanol–water partition coefficient (Wildman–Crippen LogP) is 4.81. The van der Waals surface area contributed by atoms with Gasteiger partial charge in [0.05, 0.1) is 11.1 Å². The second kappa shape index (κ2) is 5.64. The van der Waals surface area contributed by atoms with Crippen LogP contribution in [0.3, 0.4) is 0 Å². The van der Waals surface area contributed by atoms with Crippen molar-refractivity contribution in [2.24, 2.45) is 17.2 Å². The van der Waals surface area contributed by atoms with Crippen LogP contribution in [0.1, 0.15) is 51.3 Å². The molecular formula is C17H23ClN2O. The minimum absolute atomic E-state index is 0.0313. The number of fused-ring (bicyclic) bond motifs is 1. The van der Waals surface area contributed by atoms with E-state index in [1.165, 1.54) is 25.7 Å². The summed E-state index contributed by atoms with van der Waals surface area (Å²) in [4.78, 5) is 0. The molecule has 0 aliphatic heterocycles. The molecule has 1 aliphatic carbocycles. The van der Waals surface area contributed by atoms with Crippen LogP contribution in [0.4, 0.5) is 0 Å². The first-order chi connectivity index (χ1) is 10.0. The highest BCUT2D eigenvalue weighted by Gasteiger charge is 2.39. The molecule has 1 aromatic carbocycles. The van der Waals surface area contributed by atoms with E-state index in [0.29, 0.717) is 10.9 Å². The topological polar surface area (TPSA) is 51.2 Å². The lowest BCUT2D eigenvalue weighted by atomic mass is 9.65. The monoisotopic (exact) mass is 306 g/mol. The van der Waals surface area contributed by atoms with Crippen molar-refractivity contribution in [3.05, 3.63) is 35.0 Å². The molecule has 2 aromatic rings. The van der Waals surface area contributed by atoms with E-state index in [2.05, 4.69) is 25.3 Å². The molecule has 0 radical (unpaired) electrons. The first kappa shape index (κ1) is 14.9. The molecule has 0 bridgehead atoms. The van der Waals surface area contributed by atoms with Crippen LogP contribution in [-0.2, 0) is 0 Å². The molecule has 1 heterocycles. The van der Waals surface area contributed by atoms with Crippen LogP contribution in [0.5, 0.6) is 0 Å². The van der Waals surface area contributed by atoms with Crippen molar-refractivity contribution in [1.82, 2.24) is 5.43 Å². The molecule has 1 saturated carbocycles. The molecule has 3 N–H and O–H groups in total. The summed E-state index contributed by atoms with van der Waals surface area (Å²) in [6.07, 6.45) is 4.96. The fourth-order valence-electron chi connectivity index (χ4n) is 3.74. The van der Waals surface area contributed by atoms with Crippen molar-refractivity contribution >= 4 is 22.6 Å². The van der Waals surface area contributed by atoms with Gasteiger partial charge >= 0.3 is 0 Å². The van der Waals surface area contributed by atoms with Gasteiger partial charge in [0.2, 0.25) is 0 Å². The number of hydrogen-bond donors (Lipinski definition) is 2. The first-order valence-electron chi connectivity index (χ1n) is 7.67. The van der Waals surface area contributed by atoms with E-state index in [0.717, 1.165) is 16.7 Å². The number of furan rings is 1. The smallest absolute Gasteiger partial charge is 0.152 e. The van der Waals surface area contributed by atoms with Crippen molar-refractivity contribution in [2.75, 3.05) is 0 Å². The van der Waals surface area contributed by atoms with Gasteiger partial charge in [0.25, 0.3) is 0 Å². The number of benzene rings is 1. The average Bonchev–Trinajstić information content (AvgIpc) is 2.86. The van der Waals surface area contributed by atoms with E-state index in [1.807, 2.05) is 18.2 Å². The maximum absolute atomic E-state index is 6.21. The Labute approximate surface area is 130 Å². The molecule has 1 aliphatic rings. The summed E-state index contributed by atoms with van der Waals surface area (Å²) in [5.41, 5.74) is 4.00. The van der Waals surface area contributed by atoms with E-state index in [9.17, 15) is 0 Å². The van der Waals surface area contributed by atoms with Crippen LogP contribution in [0.25, 0.3) is 11.0 Å². The number of rotatable bonds is 3. The van der Waals surface area contributed by atoms with E-state index < -0.39 is 0 Å². The summed E-state index contributed by atoms with van der Waals surface area (Å²) in [5, 5.41) is 1.68. The summed E-state index contributed by atoms with van der Waals surface area (Å²) in [6, 6.07) is 7.92. The summed E-state index contributed by atoms with van der Waals surface area (Å²) in [7, 11) is 0. The molecule has 1 aromatic heterocycles. The molecule has 114 valence electrons. The number of para-hydroxylation sites is 1. The summed E-state index contributed by atoms with van der Waals surface area (Å²) >= 11 is 6.21. The Hall–Kier alpha value is -1.03. The Morgan fingerprint density at radius 2 is 2.19 bits per heavy atom.